The summed E-state index contributed by atoms with van der Waals surface area (Å²) < 4.78 is 67.9. The van der Waals surface area contributed by atoms with E-state index in [1.165, 1.54) is 167 Å². The van der Waals surface area contributed by atoms with Crippen molar-refractivity contribution in [2.45, 2.75) is 368 Å². The minimum atomic E-state index is -4.95. The Morgan fingerprint density at radius 2 is 0.529 bits per heavy atom. The van der Waals surface area contributed by atoms with Crippen LogP contribution in [0.5, 0.6) is 0 Å². The number of phosphoric ester groups is 2. The van der Waals surface area contributed by atoms with Crippen LogP contribution < -0.4 is 0 Å². The van der Waals surface area contributed by atoms with Crippen molar-refractivity contribution in [2.24, 2.45) is 5.92 Å². The lowest BCUT2D eigenvalue weighted by Gasteiger charge is -2.21. The number of ether oxygens (including phenoxy) is 4. The Balaban J connectivity index is 5.10. The summed E-state index contributed by atoms with van der Waals surface area (Å²) in [5.41, 5.74) is 0. The maximum Gasteiger partial charge on any atom is 0.472 e. The molecule has 0 radical (unpaired) electrons. The predicted molar refractivity (Wildman–Crippen MR) is 349 cm³/mol. The molecule has 0 heterocycles. The third-order valence-corrected chi connectivity index (χ3v) is 17.7. The molecule has 87 heavy (non-hydrogen) atoms. The monoisotopic (exact) mass is 1280 g/mol. The van der Waals surface area contributed by atoms with E-state index in [4.69, 9.17) is 37.0 Å². The molecule has 0 bridgehead atoms. The summed E-state index contributed by atoms with van der Waals surface area (Å²) in [5, 5.41) is 10.5. The average molecular weight is 1280 g/mol. The number of aliphatic hydroxyl groups is 1. The molecule has 0 aliphatic rings. The van der Waals surface area contributed by atoms with E-state index in [9.17, 15) is 43.2 Å². The molecule has 0 amide bonds. The number of hydrogen-bond acceptors (Lipinski definition) is 15. The van der Waals surface area contributed by atoms with Crippen molar-refractivity contribution < 1.29 is 80.2 Å². The Morgan fingerprint density at radius 1 is 0.310 bits per heavy atom. The van der Waals surface area contributed by atoms with Crippen LogP contribution in [0.25, 0.3) is 0 Å². The minimum Gasteiger partial charge on any atom is -0.462 e. The highest BCUT2D eigenvalue weighted by Gasteiger charge is 2.30. The Hall–Kier alpha value is -1.94. The van der Waals surface area contributed by atoms with E-state index in [1.807, 2.05) is 0 Å². The molecule has 2 unspecified atom stereocenters. The third kappa shape index (κ3) is 62.6. The van der Waals surface area contributed by atoms with E-state index < -0.39 is 97.5 Å². The van der Waals surface area contributed by atoms with Gasteiger partial charge < -0.3 is 33.8 Å². The molecule has 0 fully saturated rings. The van der Waals surface area contributed by atoms with Gasteiger partial charge in [0.15, 0.2) is 12.2 Å². The van der Waals surface area contributed by atoms with Crippen molar-refractivity contribution in [3.63, 3.8) is 0 Å². The first-order valence-corrected chi connectivity index (χ1v) is 38.6. The summed E-state index contributed by atoms with van der Waals surface area (Å²) in [7, 11) is -9.88. The first kappa shape index (κ1) is 85.1. The fourth-order valence-electron chi connectivity index (χ4n) is 10.3. The summed E-state index contributed by atoms with van der Waals surface area (Å²) in [6.07, 6.45) is 47.7. The molecule has 17 nitrogen and oxygen atoms in total. The van der Waals surface area contributed by atoms with Gasteiger partial charge in [0.2, 0.25) is 0 Å². The molecule has 5 atom stereocenters. The maximum atomic E-state index is 13.0. The summed E-state index contributed by atoms with van der Waals surface area (Å²) in [6, 6.07) is 0. The molecule has 0 rings (SSSR count). The second-order valence-electron chi connectivity index (χ2n) is 25.0. The van der Waals surface area contributed by atoms with E-state index >= 15 is 0 Å². The highest BCUT2D eigenvalue weighted by atomic mass is 31.2. The number of carbonyl (C=O) groups is 4. The summed E-state index contributed by atoms with van der Waals surface area (Å²) in [5.74, 6) is -1.41. The molecule has 0 aliphatic carbocycles. The highest BCUT2D eigenvalue weighted by molar-refractivity contribution is 7.47. The van der Waals surface area contributed by atoms with E-state index in [1.54, 1.807) is 0 Å². The highest BCUT2D eigenvalue weighted by Crippen LogP contribution is 2.45. The molecule has 0 saturated carbocycles. The number of esters is 4. The number of aliphatic hydroxyl groups excluding tert-OH is 1. The fourth-order valence-corrected chi connectivity index (χ4v) is 11.9. The smallest absolute Gasteiger partial charge is 0.462 e. The van der Waals surface area contributed by atoms with Crippen molar-refractivity contribution in [2.75, 3.05) is 39.6 Å². The van der Waals surface area contributed by atoms with E-state index in [0.717, 1.165) is 102 Å². The van der Waals surface area contributed by atoms with Crippen LogP contribution in [0.1, 0.15) is 349 Å². The number of carbonyl (C=O) groups excluding carboxylic acids is 4. The molecule has 0 aromatic heterocycles. The molecule has 0 aromatic rings. The van der Waals surface area contributed by atoms with E-state index in [0.29, 0.717) is 25.7 Å². The Labute approximate surface area is 530 Å². The molecular weight excluding hydrogens is 1150 g/mol. The van der Waals surface area contributed by atoms with Gasteiger partial charge in [0.25, 0.3) is 0 Å². The quantitative estimate of drug-likeness (QED) is 0.0222. The maximum absolute atomic E-state index is 13.0. The minimum absolute atomic E-state index is 0.106. The molecular formula is C68H132O17P2. The van der Waals surface area contributed by atoms with Gasteiger partial charge in [0.05, 0.1) is 26.4 Å². The largest absolute Gasteiger partial charge is 0.472 e. The van der Waals surface area contributed by atoms with Crippen molar-refractivity contribution in [1.29, 1.82) is 0 Å². The third-order valence-electron chi connectivity index (χ3n) is 15.8. The van der Waals surface area contributed by atoms with Gasteiger partial charge in [-0.15, -0.1) is 0 Å². The van der Waals surface area contributed by atoms with Crippen LogP contribution in [0.2, 0.25) is 0 Å². The zero-order valence-corrected chi connectivity index (χ0v) is 57.9. The van der Waals surface area contributed by atoms with Crippen molar-refractivity contribution in [3.8, 4) is 0 Å². The zero-order valence-electron chi connectivity index (χ0n) is 56.2. The topological polar surface area (TPSA) is 237 Å². The van der Waals surface area contributed by atoms with Crippen LogP contribution in [-0.2, 0) is 65.4 Å². The second kappa shape index (κ2) is 61.6. The van der Waals surface area contributed by atoms with Gasteiger partial charge in [-0.05, 0) is 31.6 Å². The molecule has 3 N–H and O–H groups in total. The number of rotatable bonds is 68. The number of hydrogen-bond donors (Lipinski definition) is 3. The van der Waals surface area contributed by atoms with Crippen LogP contribution in [-0.4, -0.2) is 96.7 Å². The van der Waals surface area contributed by atoms with Gasteiger partial charge in [-0.2, -0.15) is 0 Å². The summed E-state index contributed by atoms with van der Waals surface area (Å²) in [4.78, 5) is 72.1. The molecule has 0 saturated heterocycles. The molecule has 0 aliphatic heterocycles. The van der Waals surface area contributed by atoms with Crippen molar-refractivity contribution >= 4 is 39.5 Å². The molecule has 0 spiro atoms. The van der Waals surface area contributed by atoms with Crippen molar-refractivity contribution in [1.82, 2.24) is 0 Å². The first-order chi connectivity index (χ1) is 42.0. The standard InChI is InChI=1S/C68H132O17P2/c1-6-9-12-15-17-19-21-22-23-24-25-26-27-28-29-31-33-39-44-49-54-68(73)85-64(58-79-66(71)52-47-42-37-35-34-36-41-45-50-61(4)5)60-83-87(76,77)81-56-62(69)55-80-86(74,75)82-59-63(57-78-65(70)51-46-40-14-11-8-3)84-67(72)53-48-43-38-32-30-20-18-16-13-10-7-2/h61-64,69H,6-60H2,1-5H3,(H,74,75)(H,76,77)/t62-,63+,64+/m0/s1. The van der Waals surface area contributed by atoms with Gasteiger partial charge >= 0.3 is 39.5 Å². The van der Waals surface area contributed by atoms with Crippen molar-refractivity contribution in [3.05, 3.63) is 0 Å². The first-order valence-electron chi connectivity index (χ1n) is 35.6. The van der Waals surface area contributed by atoms with Gasteiger partial charge in [-0.1, -0.05) is 298 Å². The van der Waals surface area contributed by atoms with Crippen LogP contribution in [0, 0.1) is 5.92 Å². The predicted octanol–water partition coefficient (Wildman–Crippen LogP) is 19.4. The number of phosphoric acid groups is 2. The lowest BCUT2D eigenvalue weighted by atomic mass is 10.0. The summed E-state index contributed by atoms with van der Waals surface area (Å²) >= 11 is 0. The van der Waals surface area contributed by atoms with Crippen LogP contribution in [0.4, 0.5) is 0 Å². The SMILES string of the molecule is CCCCCCCCCCCCCCCCCCCCCCC(=O)O[C@H](COC(=O)CCCCCCCCCCC(C)C)COP(=O)(O)OC[C@@H](O)COP(=O)(O)OC[C@@H](COC(=O)CCCCCCC)OC(=O)CCCCCCCCCCCCC. The lowest BCUT2D eigenvalue weighted by molar-refractivity contribution is -0.161. The second-order valence-corrected chi connectivity index (χ2v) is 27.9. The zero-order chi connectivity index (χ0) is 64.2. The van der Waals surface area contributed by atoms with Gasteiger partial charge in [-0.25, -0.2) is 9.13 Å². The van der Waals surface area contributed by atoms with Crippen LogP contribution in [0.3, 0.4) is 0 Å². The van der Waals surface area contributed by atoms with Gasteiger partial charge in [-0.3, -0.25) is 37.3 Å². The normalized spacial score (nSPS) is 14.1. The Kier molecular flexibility index (Phi) is 60.2. The lowest BCUT2D eigenvalue weighted by Crippen LogP contribution is -2.30. The van der Waals surface area contributed by atoms with Crippen LogP contribution in [0.15, 0.2) is 0 Å². The molecule has 516 valence electrons. The Morgan fingerprint density at radius 3 is 0.782 bits per heavy atom. The molecule has 19 heteroatoms. The van der Waals surface area contributed by atoms with Gasteiger partial charge in [0, 0.05) is 25.7 Å². The van der Waals surface area contributed by atoms with E-state index in [2.05, 4.69) is 34.6 Å². The Bertz CT molecular complexity index is 1690. The summed E-state index contributed by atoms with van der Waals surface area (Å²) in [6.45, 7) is 7.10. The van der Waals surface area contributed by atoms with E-state index in [-0.39, 0.29) is 25.7 Å². The average Bonchev–Trinajstić information content (AvgIpc) is 3.66. The number of unbranched alkanes of at least 4 members (excludes halogenated alkanes) is 40. The molecule has 0 aromatic carbocycles. The van der Waals surface area contributed by atoms with Crippen LogP contribution >= 0.6 is 15.6 Å². The van der Waals surface area contributed by atoms with Gasteiger partial charge in [0.1, 0.15) is 19.3 Å². The fraction of sp³-hybridized carbons (Fsp3) is 0.941.